The van der Waals surface area contributed by atoms with Crippen molar-refractivity contribution in [3.8, 4) is 5.75 Å². The zero-order valence-electron chi connectivity index (χ0n) is 15.4. The molecule has 140 valence electrons. The molecule has 2 atom stereocenters. The Hall–Kier alpha value is -3.21. The van der Waals surface area contributed by atoms with Crippen molar-refractivity contribution in [1.82, 2.24) is 0 Å². The Morgan fingerprint density at radius 1 is 1.04 bits per heavy atom. The zero-order chi connectivity index (χ0) is 19.1. The van der Waals surface area contributed by atoms with Crippen LogP contribution in [0.25, 0.3) is 0 Å². The molecule has 3 aromatic rings. The number of hydrogen-bond acceptors (Lipinski definition) is 5. The summed E-state index contributed by atoms with van der Waals surface area (Å²) in [5.74, 6) is 0.568. The highest BCUT2D eigenvalue weighted by Crippen LogP contribution is 2.35. The van der Waals surface area contributed by atoms with Gasteiger partial charge in [-0.1, -0.05) is 30.3 Å². The molecule has 0 bridgehead atoms. The molecular weight excluding hydrogens is 342 g/mol. The van der Waals surface area contributed by atoms with Gasteiger partial charge in [0.15, 0.2) is 0 Å². The predicted octanol–water partition coefficient (Wildman–Crippen LogP) is 4.79. The number of methoxy groups -OCH3 is 1. The minimum atomic E-state index is -0.556. The van der Waals surface area contributed by atoms with Gasteiger partial charge < -0.3 is 19.2 Å². The van der Waals surface area contributed by atoms with E-state index in [1.807, 2.05) is 66.7 Å². The lowest BCUT2D eigenvalue weighted by Crippen LogP contribution is -2.27. The summed E-state index contributed by atoms with van der Waals surface area (Å²) >= 11 is 0. The fourth-order valence-electron chi connectivity index (χ4n) is 3.01. The standard InChI is InChI=1S/C22H23NO4/c1-3-26-22(24)20(16-8-5-4-6-9-16)21(19-10-7-15-27-19)23-17-11-13-18(25-2)14-12-17/h4-15,20-21,23H,3H2,1-2H3/t20-,21+/m1/s1. The van der Waals surface area contributed by atoms with Crippen LogP contribution in [-0.4, -0.2) is 19.7 Å². The van der Waals surface area contributed by atoms with Crippen molar-refractivity contribution in [3.05, 3.63) is 84.3 Å². The highest BCUT2D eigenvalue weighted by atomic mass is 16.5. The van der Waals surface area contributed by atoms with Crippen LogP contribution >= 0.6 is 0 Å². The van der Waals surface area contributed by atoms with E-state index in [9.17, 15) is 4.79 Å². The average Bonchev–Trinajstić information content (AvgIpc) is 3.24. The summed E-state index contributed by atoms with van der Waals surface area (Å²) in [5, 5.41) is 3.42. The molecular formula is C22H23NO4. The second-order valence-electron chi connectivity index (χ2n) is 6.01. The lowest BCUT2D eigenvalue weighted by Gasteiger charge is -2.26. The summed E-state index contributed by atoms with van der Waals surface area (Å²) in [6.07, 6.45) is 1.60. The summed E-state index contributed by atoms with van der Waals surface area (Å²) in [4.78, 5) is 12.8. The first-order valence-electron chi connectivity index (χ1n) is 8.88. The monoisotopic (exact) mass is 365 g/mol. The van der Waals surface area contributed by atoms with Crippen LogP contribution < -0.4 is 10.1 Å². The molecule has 27 heavy (non-hydrogen) atoms. The van der Waals surface area contributed by atoms with E-state index in [2.05, 4.69) is 5.32 Å². The van der Waals surface area contributed by atoms with Crippen LogP contribution in [0, 0.1) is 0 Å². The molecule has 1 heterocycles. The van der Waals surface area contributed by atoms with Crippen LogP contribution in [0.15, 0.2) is 77.4 Å². The molecule has 0 fully saturated rings. The lowest BCUT2D eigenvalue weighted by atomic mass is 9.89. The van der Waals surface area contributed by atoms with Gasteiger partial charge in [0.2, 0.25) is 0 Å². The van der Waals surface area contributed by atoms with Crippen LogP contribution in [0.5, 0.6) is 5.75 Å². The van der Waals surface area contributed by atoms with E-state index in [1.54, 1.807) is 20.3 Å². The molecule has 0 aliphatic rings. The molecule has 1 aromatic heterocycles. The number of benzene rings is 2. The summed E-state index contributed by atoms with van der Waals surface area (Å²) in [5.41, 5.74) is 1.71. The maximum absolute atomic E-state index is 12.8. The number of ether oxygens (including phenoxy) is 2. The number of anilines is 1. The third-order valence-electron chi connectivity index (χ3n) is 4.29. The van der Waals surface area contributed by atoms with Gasteiger partial charge in [-0.15, -0.1) is 0 Å². The molecule has 0 spiro atoms. The van der Waals surface area contributed by atoms with Crippen molar-refractivity contribution in [3.63, 3.8) is 0 Å². The molecule has 5 heteroatoms. The number of carbonyl (C=O) groups excluding carboxylic acids is 1. The van der Waals surface area contributed by atoms with Gasteiger partial charge in [0.1, 0.15) is 23.5 Å². The van der Waals surface area contributed by atoms with Crippen molar-refractivity contribution in [2.75, 3.05) is 19.0 Å². The Morgan fingerprint density at radius 2 is 1.78 bits per heavy atom. The van der Waals surface area contributed by atoms with Crippen molar-refractivity contribution >= 4 is 11.7 Å². The molecule has 0 aliphatic carbocycles. The number of rotatable bonds is 8. The predicted molar refractivity (Wildman–Crippen MR) is 104 cm³/mol. The van der Waals surface area contributed by atoms with Gasteiger partial charge in [-0.3, -0.25) is 4.79 Å². The van der Waals surface area contributed by atoms with Crippen molar-refractivity contribution in [2.45, 2.75) is 18.9 Å². The van der Waals surface area contributed by atoms with Gasteiger partial charge >= 0.3 is 5.97 Å². The molecule has 2 aromatic carbocycles. The Bertz CT molecular complexity index is 829. The Kier molecular flexibility index (Phi) is 6.15. The quantitative estimate of drug-likeness (QED) is 0.582. The minimum absolute atomic E-state index is 0.300. The van der Waals surface area contributed by atoms with Gasteiger partial charge in [-0.2, -0.15) is 0 Å². The lowest BCUT2D eigenvalue weighted by molar-refractivity contribution is -0.145. The number of nitrogens with one attached hydrogen (secondary N) is 1. The SMILES string of the molecule is CCOC(=O)[C@H](c1ccccc1)[C@@H](Nc1ccc(OC)cc1)c1ccco1. The third-order valence-corrected chi connectivity index (χ3v) is 4.29. The molecule has 0 unspecified atom stereocenters. The number of hydrogen-bond donors (Lipinski definition) is 1. The Balaban J connectivity index is 1.99. The van der Waals surface area contributed by atoms with Crippen molar-refractivity contribution < 1.29 is 18.7 Å². The largest absolute Gasteiger partial charge is 0.497 e. The first-order valence-corrected chi connectivity index (χ1v) is 8.88. The maximum Gasteiger partial charge on any atom is 0.316 e. The molecule has 0 aliphatic heterocycles. The molecule has 0 amide bonds. The fourth-order valence-corrected chi connectivity index (χ4v) is 3.01. The summed E-state index contributed by atoms with van der Waals surface area (Å²) in [6.45, 7) is 2.12. The van der Waals surface area contributed by atoms with E-state index in [1.165, 1.54) is 0 Å². The summed E-state index contributed by atoms with van der Waals surface area (Å²) in [7, 11) is 1.63. The minimum Gasteiger partial charge on any atom is -0.497 e. The molecule has 1 N–H and O–H groups in total. The van der Waals surface area contributed by atoms with Gasteiger partial charge in [0.05, 0.1) is 20.0 Å². The Morgan fingerprint density at radius 3 is 2.37 bits per heavy atom. The molecule has 0 saturated carbocycles. The van der Waals surface area contributed by atoms with Crippen molar-refractivity contribution in [1.29, 1.82) is 0 Å². The second kappa shape index (κ2) is 8.94. The molecule has 0 radical (unpaired) electrons. The smallest absolute Gasteiger partial charge is 0.316 e. The second-order valence-corrected chi connectivity index (χ2v) is 6.01. The number of carbonyl (C=O) groups is 1. The van der Waals surface area contributed by atoms with E-state index in [4.69, 9.17) is 13.9 Å². The third kappa shape index (κ3) is 4.50. The fraction of sp³-hybridized carbons (Fsp3) is 0.227. The maximum atomic E-state index is 12.8. The van der Waals surface area contributed by atoms with Crippen LogP contribution in [0.3, 0.4) is 0 Å². The molecule has 0 saturated heterocycles. The normalized spacial score (nSPS) is 12.8. The van der Waals surface area contributed by atoms with Gasteiger partial charge in [-0.05, 0) is 48.9 Å². The molecule has 5 nitrogen and oxygen atoms in total. The van der Waals surface area contributed by atoms with Gasteiger partial charge in [0.25, 0.3) is 0 Å². The van der Waals surface area contributed by atoms with Gasteiger partial charge in [-0.25, -0.2) is 0 Å². The van der Waals surface area contributed by atoms with Crippen LogP contribution in [-0.2, 0) is 9.53 Å². The van der Waals surface area contributed by atoms with Crippen LogP contribution in [0.1, 0.15) is 30.2 Å². The zero-order valence-corrected chi connectivity index (χ0v) is 15.4. The van der Waals surface area contributed by atoms with E-state index in [0.29, 0.717) is 12.4 Å². The van der Waals surface area contributed by atoms with Crippen LogP contribution in [0.4, 0.5) is 5.69 Å². The number of furan rings is 1. The van der Waals surface area contributed by atoms with E-state index in [0.717, 1.165) is 17.0 Å². The van der Waals surface area contributed by atoms with Crippen molar-refractivity contribution in [2.24, 2.45) is 0 Å². The Labute approximate surface area is 158 Å². The van der Waals surface area contributed by atoms with Crippen LogP contribution in [0.2, 0.25) is 0 Å². The number of esters is 1. The highest BCUT2D eigenvalue weighted by molar-refractivity contribution is 5.80. The van der Waals surface area contributed by atoms with E-state index >= 15 is 0 Å². The average molecular weight is 365 g/mol. The van der Waals surface area contributed by atoms with Gasteiger partial charge in [0, 0.05) is 5.69 Å². The highest BCUT2D eigenvalue weighted by Gasteiger charge is 2.34. The topological polar surface area (TPSA) is 60.7 Å². The molecule has 3 rings (SSSR count). The first kappa shape index (κ1) is 18.6. The first-order chi connectivity index (χ1) is 13.2. The van der Waals surface area contributed by atoms with E-state index in [-0.39, 0.29) is 5.97 Å². The summed E-state index contributed by atoms with van der Waals surface area (Å²) in [6, 6.07) is 20.4. The summed E-state index contributed by atoms with van der Waals surface area (Å²) < 4.78 is 16.2. The van der Waals surface area contributed by atoms with E-state index < -0.39 is 12.0 Å².